The Morgan fingerprint density at radius 3 is 2.68 bits per heavy atom. The van der Waals surface area contributed by atoms with Crippen LogP contribution in [-0.2, 0) is 22.6 Å². The van der Waals surface area contributed by atoms with Crippen LogP contribution in [0.3, 0.4) is 0 Å². The number of Topliss-reactive ketones (excluding diaryl/α,β-unsaturated/α-hetero) is 1. The van der Waals surface area contributed by atoms with Crippen LogP contribution in [0.5, 0.6) is 5.88 Å². The highest BCUT2D eigenvalue weighted by molar-refractivity contribution is 6.13. The van der Waals surface area contributed by atoms with E-state index >= 15 is 0 Å². The molecule has 1 saturated heterocycles. The van der Waals surface area contributed by atoms with E-state index in [0.717, 1.165) is 38.4 Å². The topological polar surface area (TPSA) is 92.8 Å². The molecule has 8 nitrogen and oxygen atoms in total. The number of benzene rings is 1. The predicted molar refractivity (Wildman–Crippen MR) is 116 cm³/mol. The van der Waals surface area contributed by atoms with Crippen molar-refractivity contribution in [2.75, 3.05) is 44.8 Å². The fraction of sp³-hybridized carbons (Fsp3) is 0.435. The minimum atomic E-state index is -0.808. The second kappa shape index (κ2) is 9.89. The molecule has 1 fully saturated rings. The van der Waals surface area contributed by atoms with Gasteiger partial charge in [0.05, 0.1) is 25.5 Å². The van der Waals surface area contributed by atoms with Gasteiger partial charge < -0.3 is 20.1 Å². The number of hydrogen-bond acceptors (Lipinski definition) is 7. The third kappa shape index (κ3) is 5.21. The number of pyridine rings is 1. The Hall–Kier alpha value is -2.97. The number of carbonyl (C=O) groups excluding carboxylic acids is 2. The molecule has 2 aliphatic rings. The third-order valence-electron chi connectivity index (χ3n) is 5.52. The van der Waals surface area contributed by atoms with Crippen molar-refractivity contribution < 1.29 is 19.1 Å². The van der Waals surface area contributed by atoms with E-state index in [0.29, 0.717) is 24.7 Å². The SMILES string of the molecule is CCOc1ccc2c(n1)C(=O)C(C(=O)NCc1ccc(CN3CCOCC3)cc1)CN2. The van der Waals surface area contributed by atoms with Crippen molar-refractivity contribution in [3.8, 4) is 5.88 Å². The van der Waals surface area contributed by atoms with Crippen LogP contribution in [0.25, 0.3) is 0 Å². The highest BCUT2D eigenvalue weighted by Gasteiger charge is 2.34. The lowest BCUT2D eigenvalue weighted by Crippen LogP contribution is -2.42. The molecule has 2 N–H and O–H groups in total. The number of ketones is 1. The molecule has 1 atom stereocenters. The summed E-state index contributed by atoms with van der Waals surface area (Å²) >= 11 is 0. The molecule has 1 amide bonds. The van der Waals surface area contributed by atoms with Crippen molar-refractivity contribution in [2.24, 2.45) is 5.92 Å². The van der Waals surface area contributed by atoms with Crippen LogP contribution >= 0.6 is 0 Å². The standard InChI is InChI=1S/C23H28N4O4/c1-2-31-20-8-7-19-21(26-20)22(28)18(14-24-19)23(29)25-13-16-3-5-17(6-4-16)15-27-9-11-30-12-10-27/h3-8,18,24H,2,9-15H2,1H3,(H,25,29). The average Bonchev–Trinajstić information content (AvgIpc) is 2.80. The monoisotopic (exact) mass is 424 g/mol. The fourth-order valence-corrected chi connectivity index (χ4v) is 3.77. The van der Waals surface area contributed by atoms with Gasteiger partial charge in [0.15, 0.2) is 5.78 Å². The summed E-state index contributed by atoms with van der Waals surface area (Å²) in [5.41, 5.74) is 3.11. The number of hydrogen-bond donors (Lipinski definition) is 2. The van der Waals surface area contributed by atoms with Crippen molar-refractivity contribution in [2.45, 2.75) is 20.0 Å². The van der Waals surface area contributed by atoms with E-state index in [-0.39, 0.29) is 23.9 Å². The van der Waals surface area contributed by atoms with Gasteiger partial charge in [-0.3, -0.25) is 14.5 Å². The van der Waals surface area contributed by atoms with Crippen molar-refractivity contribution >= 4 is 17.4 Å². The van der Waals surface area contributed by atoms with Gasteiger partial charge in [-0.15, -0.1) is 0 Å². The van der Waals surface area contributed by atoms with Gasteiger partial charge in [0.2, 0.25) is 11.8 Å². The van der Waals surface area contributed by atoms with Crippen LogP contribution in [0.4, 0.5) is 5.69 Å². The van der Waals surface area contributed by atoms with Crippen LogP contribution in [0.15, 0.2) is 36.4 Å². The van der Waals surface area contributed by atoms with E-state index in [4.69, 9.17) is 9.47 Å². The molecule has 1 unspecified atom stereocenters. The van der Waals surface area contributed by atoms with Crippen LogP contribution in [0.1, 0.15) is 28.5 Å². The lowest BCUT2D eigenvalue weighted by molar-refractivity contribution is -0.123. The quantitative estimate of drug-likeness (QED) is 0.656. The van der Waals surface area contributed by atoms with E-state index in [1.54, 1.807) is 12.1 Å². The molecular formula is C23H28N4O4. The minimum Gasteiger partial charge on any atom is -0.478 e. The molecule has 0 bridgehead atoms. The average molecular weight is 425 g/mol. The number of nitrogens with zero attached hydrogens (tertiary/aromatic N) is 2. The molecule has 2 aliphatic heterocycles. The Morgan fingerprint density at radius 1 is 1.19 bits per heavy atom. The number of rotatable bonds is 7. The first kappa shape index (κ1) is 21.3. The Balaban J connectivity index is 1.32. The molecule has 0 radical (unpaired) electrons. The van der Waals surface area contributed by atoms with Crippen LogP contribution in [-0.4, -0.2) is 61.0 Å². The number of carbonyl (C=O) groups is 2. The number of ether oxygens (including phenoxy) is 2. The smallest absolute Gasteiger partial charge is 0.233 e. The van der Waals surface area contributed by atoms with Gasteiger partial charge in [-0.1, -0.05) is 24.3 Å². The van der Waals surface area contributed by atoms with Crippen molar-refractivity contribution in [3.05, 3.63) is 53.2 Å². The molecule has 0 spiro atoms. The van der Waals surface area contributed by atoms with E-state index < -0.39 is 5.92 Å². The normalized spacial score (nSPS) is 18.7. The van der Waals surface area contributed by atoms with Gasteiger partial charge in [0.25, 0.3) is 0 Å². The lowest BCUT2D eigenvalue weighted by atomic mass is 9.95. The zero-order chi connectivity index (χ0) is 21.6. The summed E-state index contributed by atoms with van der Waals surface area (Å²) in [5, 5.41) is 6.01. The van der Waals surface area contributed by atoms with Gasteiger partial charge in [0, 0.05) is 38.8 Å². The van der Waals surface area contributed by atoms with Crippen molar-refractivity contribution in [1.29, 1.82) is 0 Å². The van der Waals surface area contributed by atoms with Gasteiger partial charge in [0.1, 0.15) is 11.6 Å². The molecule has 31 heavy (non-hydrogen) atoms. The number of anilines is 1. The molecule has 4 rings (SSSR count). The maximum Gasteiger partial charge on any atom is 0.233 e. The summed E-state index contributed by atoms with van der Waals surface area (Å²) in [7, 11) is 0. The predicted octanol–water partition coefficient (Wildman–Crippen LogP) is 1.85. The Labute approximate surface area is 181 Å². The number of aromatic nitrogens is 1. The third-order valence-corrected chi connectivity index (χ3v) is 5.52. The second-order valence-corrected chi connectivity index (χ2v) is 7.70. The van der Waals surface area contributed by atoms with Crippen LogP contribution in [0, 0.1) is 5.92 Å². The molecule has 1 aromatic carbocycles. The van der Waals surface area contributed by atoms with Gasteiger partial charge in [-0.2, -0.15) is 0 Å². The number of amides is 1. The molecule has 0 saturated carbocycles. The molecule has 2 aromatic rings. The first-order chi connectivity index (χ1) is 15.1. The molecule has 0 aliphatic carbocycles. The lowest BCUT2D eigenvalue weighted by Gasteiger charge is -2.26. The first-order valence-electron chi connectivity index (χ1n) is 10.7. The van der Waals surface area contributed by atoms with Gasteiger partial charge in [-0.25, -0.2) is 4.98 Å². The van der Waals surface area contributed by atoms with Gasteiger partial charge >= 0.3 is 0 Å². The minimum absolute atomic E-state index is 0.254. The molecule has 8 heteroatoms. The summed E-state index contributed by atoms with van der Waals surface area (Å²) < 4.78 is 10.8. The zero-order valence-corrected chi connectivity index (χ0v) is 17.7. The highest BCUT2D eigenvalue weighted by Crippen LogP contribution is 2.26. The second-order valence-electron chi connectivity index (χ2n) is 7.70. The van der Waals surface area contributed by atoms with E-state index in [1.807, 2.05) is 19.1 Å². The van der Waals surface area contributed by atoms with Gasteiger partial charge in [-0.05, 0) is 24.1 Å². The fourth-order valence-electron chi connectivity index (χ4n) is 3.77. The van der Waals surface area contributed by atoms with E-state index in [1.165, 1.54) is 5.56 Å². The number of morpholine rings is 1. The highest BCUT2D eigenvalue weighted by atomic mass is 16.5. The largest absolute Gasteiger partial charge is 0.478 e. The summed E-state index contributed by atoms with van der Waals surface area (Å²) in [6.45, 7) is 7.31. The Kier molecular flexibility index (Phi) is 6.79. The van der Waals surface area contributed by atoms with E-state index in [9.17, 15) is 9.59 Å². The van der Waals surface area contributed by atoms with Crippen molar-refractivity contribution in [1.82, 2.24) is 15.2 Å². The zero-order valence-electron chi connectivity index (χ0n) is 17.7. The summed E-state index contributed by atoms with van der Waals surface area (Å²) in [6.07, 6.45) is 0. The molecule has 3 heterocycles. The molecule has 1 aromatic heterocycles. The summed E-state index contributed by atoms with van der Waals surface area (Å²) in [5.74, 6) is -1.01. The maximum absolute atomic E-state index is 12.8. The van der Waals surface area contributed by atoms with Crippen molar-refractivity contribution in [3.63, 3.8) is 0 Å². The summed E-state index contributed by atoms with van der Waals surface area (Å²) in [4.78, 5) is 32.1. The van der Waals surface area contributed by atoms with Crippen LogP contribution in [0.2, 0.25) is 0 Å². The molecular weight excluding hydrogens is 396 g/mol. The number of fused-ring (bicyclic) bond motifs is 1. The first-order valence-corrected chi connectivity index (χ1v) is 10.7. The van der Waals surface area contributed by atoms with Crippen LogP contribution < -0.4 is 15.4 Å². The number of nitrogens with one attached hydrogen (secondary N) is 2. The Bertz CT molecular complexity index is 926. The molecule has 164 valence electrons. The maximum atomic E-state index is 12.8. The Morgan fingerprint density at radius 2 is 1.94 bits per heavy atom. The summed E-state index contributed by atoms with van der Waals surface area (Å²) in [6, 6.07) is 11.7. The van der Waals surface area contributed by atoms with E-state index in [2.05, 4.69) is 32.7 Å².